The second-order valence-electron chi connectivity index (χ2n) is 10.4. The van der Waals surface area contributed by atoms with Gasteiger partial charge in [-0.2, -0.15) is 0 Å². The lowest BCUT2D eigenvalue weighted by Gasteiger charge is -2.28. The predicted octanol–water partition coefficient (Wildman–Crippen LogP) is 10.1. The van der Waals surface area contributed by atoms with Crippen LogP contribution in [0.5, 0.6) is 0 Å². The normalized spacial score (nSPS) is 15.5. The molecular formula is C37H34N2. The largest absolute Gasteiger partial charge is 0.333 e. The first kappa shape index (κ1) is 24.9. The SMILES string of the molecule is C/C=C1/c2ccccc2N(c2ccc(-c3cncc(-c4ccc(-c5cccc(C)c5)cc4)c3)cc2)C1CCC. The van der Waals surface area contributed by atoms with E-state index in [1.807, 2.05) is 12.4 Å². The number of para-hydroxylation sites is 1. The van der Waals surface area contributed by atoms with Crippen LogP contribution >= 0.6 is 0 Å². The molecule has 1 atom stereocenters. The zero-order chi connectivity index (χ0) is 26.8. The summed E-state index contributed by atoms with van der Waals surface area (Å²) in [6, 6.07) is 37.8. The van der Waals surface area contributed by atoms with Crippen molar-refractivity contribution in [2.75, 3.05) is 4.90 Å². The summed E-state index contributed by atoms with van der Waals surface area (Å²) in [4.78, 5) is 7.12. The second-order valence-corrected chi connectivity index (χ2v) is 10.4. The van der Waals surface area contributed by atoms with E-state index in [0.29, 0.717) is 6.04 Å². The molecule has 6 rings (SSSR count). The number of allylic oxidation sites excluding steroid dienone is 1. The lowest BCUT2D eigenvalue weighted by molar-refractivity contribution is 0.711. The maximum absolute atomic E-state index is 4.60. The van der Waals surface area contributed by atoms with Gasteiger partial charge in [0.05, 0.1) is 6.04 Å². The number of nitrogens with zero attached hydrogens (tertiary/aromatic N) is 2. The Kier molecular flexibility index (Phi) is 6.85. The molecule has 0 fully saturated rings. The summed E-state index contributed by atoms with van der Waals surface area (Å²) in [6.07, 6.45) is 8.48. The third-order valence-corrected chi connectivity index (χ3v) is 7.81. The smallest absolute Gasteiger partial charge is 0.0595 e. The van der Waals surface area contributed by atoms with E-state index in [1.54, 1.807) is 0 Å². The minimum Gasteiger partial charge on any atom is -0.333 e. The van der Waals surface area contributed by atoms with Gasteiger partial charge in [-0.1, -0.05) is 104 Å². The van der Waals surface area contributed by atoms with E-state index in [-0.39, 0.29) is 0 Å². The molecule has 0 aliphatic carbocycles. The molecule has 4 aromatic carbocycles. The molecule has 192 valence electrons. The molecule has 1 aliphatic heterocycles. The number of pyridine rings is 1. The molecule has 1 aliphatic rings. The van der Waals surface area contributed by atoms with Crippen molar-refractivity contribution in [3.63, 3.8) is 0 Å². The first-order chi connectivity index (χ1) is 19.2. The van der Waals surface area contributed by atoms with Gasteiger partial charge >= 0.3 is 0 Å². The lowest BCUT2D eigenvalue weighted by atomic mass is 9.98. The summed E-state index contributed by atoms with van der Waals surface area (Å²) >= 11 is 0. The number of fused-ring (bicyclic) bond motifs is 1. The van der Waals surface area contributed by atoms with Gasteiger partial charge in [-0.15, -0.1) is 0 Å². The van der Waals surface area contributed by atoms with Crippen molar-refractivity contribution in [3.05, 3.63) is 133 Å². The van der Waals surface area contributed by atoms with Crippen LogP contribution in [-0.2, 0) is 0 Å². The van der Waals surface area contributed by atoms with Gasteiger partial charge in [0.2, 0.25) is 0 Å². The standard InChI is InChI=1S/C37H34N2/c1-4-9-36-34(5-2)35-12-6-7-13-37(35)39(36)33-20-18-29(19-21-33)32-23-31(24-38-25-32)28-16-14-27(15-17-28)30-11-8-10-26(3)22-30/h5-8,10-25,36H,4,9H2,1-3H3/b34-5-. The number of hydrogen-bond acceptors (Lipinski definition) is 2. The maximum atomic E-state index is 4.60. The van der Waals surface area contributed by atoms with E-state index in [1.165, 1.54) is 50.3 Å². The third kappa shape index (κ3) is 4.79. The van der Waals surface area contributed by atoms with Gasteiger partial charge in [-0.3, -0.25) is 4.98 Å². The summed E-state index contributed by atoms with van der Waals surface area (Å²) in [6.45, 7) is 6.57. The van der Waals surface area contributed by atoms with Crippen LogP contribution in [0, 0.1) is 6.92 Å². The number of benzene rings is 4. The zero-order valence-electron chi connectivity index (χ0n) is 22.9. The highest BCUT2D eigenvalue weighted by atomic mass is 15.2. The number of hydrogen-bond donors (Lipinski definition) is 0. The molecule has 1 aromatic heterocycles. The Bertz CT molecular complexity index is 1630. The van der Waals surface area contributed by atoms with Crippen molar-refractivity contribution in [2.45, 2.75) is 39.7 Å². The van der Waals surface area contributed by atoms with E-state index in [4.69, 9.17) is 0 Å². The van der Waals surface area contributed by atoms with E-state index < -0.39 is 0 Å². The van der Waals surface area contributed by atoms with Crippen LogP contribution in [0.15, 0.2) is 122 Å². The number of anilines is 2. The topological polar surface area (TPSA) is 16.1 Å². The highest BCUT2D eigenvalue weighted by Crippen LogP contribution is 2.46. The fourth-order valence-corrected chi connectivity index (χ4v) is 5.89. The fraction of sp³-hybridized carbons (Fsp3) is 0.162. The molecule has 2 heterocycles. The van der Waals surface area contributed by atoms with Crippen LogP contribution in [0.4, 0.5) is 11.4 Å². The van der Waals surface area contributed by atoms with Crippen LogP contribution in [0.2, 0.25) is 0 Å². The first-order valence-electron chi connectivity index (χ1n) is 13.9. The van der Waals surface area contributed by atoms with Crippen LogP contribution in [0.3, 0.4) is 0 Å². The third-order valence-electron chi connectivity index (χ3n) is 7.81. The average Bonchev–Trinajstić information content (AvgIpc) is 3.30. The summed E-state index contributed by atoms with van der Waals surface area (Å²) in [5.41, 5.74) is 13.7. The quantitative estimate of drug-likeness (QED) is 0.228. The van der Waals surface area contributed by atoms with Crippen LogP contribution in [0.25, 0.3) is 39.0 Å². The van der Waals surface area contributed by atoms with Crippen molar-refractivity contribution in [1.29, 1.82) is 0 Å². The predicted molar refractivity (Wildman–Crippen MR) is 166 cm³/mol. The highest BCUT2D eigenvalue weighted by molar-refractivity contribution is 5.92. The molecular weight excluding hydrogens is 472 g/mol. The zero-order valence-corrected chi connectivity index (χ0v) is 22.9. The molecule has 0 radical (unpaired) electrons. The van der Waals surface area contributed by atoms with Crippen molar-refractivity contribution >= 4 is 16.9 Å². The van der Waals surface area contributed by atoms with Crippen LogP contribution in [0.1, 0.15) is 37.8 Å². The number of aryl methyl sites for hydroxylation is 1. The Balaban J connectivity index is 1.28. The molecule has 0 spiro atoms. The number of aromatic nitrogens is 1. The fourth-order valence-electron chi connectivity index (χ4n) is 5.89. The molecule has 0 saturated heterocycles. The molecule has 39 heavy (non-hydrogen) atoms. The summed E-state index contributed by atoms with van der Waals surface area (Å²) in [5, 5.41) is 0. The number of rotatable bonds is 6. The van der Waals surface area contributed by atoms with Crippen molar-refractivity contribution in [2.24, 2.45) is 0 Å². The monoisotopic (exact) mass is 506 g/mol. The van der Waals surface area contributed by atoms with Gasteiger partial charge in [-0.05, 0) is 72.4 Å². The van der Waals surface area contributed by atoms with E-state index in [2.05, 4.69) is 140 Å². The van der Waals surface area contributed by atoms with Crippen molar-refractivity contribution < 1.29 is 0 Å². The van der Waals surface area contributed by atoms with Gasteiger partial charge < -0.3 is 4.90 Å². The molecule has 0 bridgehead atoms. The maximum Gasteiger partial charge on any atom is 0.0595 e. The Labute approximate surface area is 232 Å². The van der Waals surface area contributed by atoms with Gasteiger partial charge in [0, 0.05) is 40.5 Å². The Morgan fingerprint density at radius 3 is 1.97 bits per heavy atom. The molecule has 2 nitrogen and oxygen atoms in total. The Hall–Kier alpha value is -4.43. The summed E-state index contributed by atoms with van der Waals surface area (Å²) in [7, 11) is 0. The first-order valence-corrected chi connectivity index (χ1v) is 13.9. The minimum absolute atomic E-state index is 0.371. The van der Waals surface area contributed by atoms with Gasteiger partial charge in [-0.25, -0.2) is 0 Å². The molecule has 0 saturated carbocycles. The van der Waals surface area contributed by atoms with Crippen LogP contribution < -0.4 is 4.90 Å². The van der Waals surface area contributed by atoms with E-state index in [0.717, 1.165) is 24.0 Å². The molecule has 1 unspecified atom stereocenters. The molecule has 2 heteroatoms. The van der Waals surface area contributed by atoms with Gasteiger partial charge in [0.25, 0.3) is 0 Å². The van der Waals surface area contributed by atoms with Gasteiger partial charge in [0.15, 0.2) is 0 Å². The van der Waals surface area contributed by atoms with E-state index >= 15 is 0 Å². The second kappa shape index (κ2) is 10.7. The Morgan fingerprint density at radius 1 is 0.692 bits per heavy atom. The highest BCUT2D eigenvalue weighted by Gasteiger charge is 2.33. The molecule has 5 aromatic rings. The summed E-state index contributed by atoms with van der Waals surface area (Å²) in [5.74, 6) is 0. The summed E-state index contributed by atoms with van der Waals surface area (Å²) < 4.78 is 0. The van der Waals surface area contributed by atoms with Crippen LogP contribution in [-0.4, -0.2) is 11.0 Å². The van der Waals surface area contributed by atoms with E-state index in [9.17, 15) is 0 Å². The minimum atomic E-state index is 0.371. The van der Waals surface area contributed by atoms with Crippen molar-refractivity contribution in [3.8, 4) is 33.4 Å². The van der Waals surface area contributed by atoms with Gasteiger partial charge in [0.1, 0.15) is 0 Å². The van der Waals surface area contributed by atoms with Crippen molar-refractivity contribution in [1.82, 2.24) is 4.98 Å². The lowest BCUT2D eigenvalue weighted by Crippen LogP contribution is -2.26. The Morgan fingerprint density at radius 2 is 1.33 bits per heavy atom. The average molecular weight is 507 g/mol. The molecule has 0 amide bonds. The molecule has 0 N–H and O–H groups in total.